The Morgan fingerprint density at radius 1 is 1.12 bits per heavy atom. The van der Waals surface area contributed by atoms with E-state index in [4.69, 9.17) is 0 Å². The number of aliphatic hydroxyl groups is 1. The number of allylic oxidation sites excluding steroid dienone is 4. The molecule has 0 spiro atoms. The van der Waals surface area contributed by atoms with E-state index in [2.05, 4.69) is 32.1 Å². The van der Waals surface area contributed by atoms with Crippen molar-refractivity contribution in [3.8, 4) is 0 Å². The van der Waals surface area contributed by atoms with Crippen LogP contribution in [0.15, 0.2) is 35.5 Å². The monoisotopic (exact) mass is 232 g/mol. The van der Waals surface area contributed by atoms with Crippen LogP contribution in [0.1, 0.15) is 46.0 Å². The molecule has 0 heterocycles. The zero-order valence-electron chi connectivity index (χ0n) is 11.0. The first-order valence-corrected chi connectivity index (χ1v) is 6.84. The molecule has 17 heavy (non-hydrogen) atoms. The van der Waals surface area contributed by atoms with Gasteiger partial charge < -0.3 is 5.11 Å². The van der Waals surface area contributed by atoms with Gasteiger partial charge in [0.25, 0.3) is 0 Å². The fraction of sp³-hybridized carbons (Fsp3) is 0.625. The number of hydrogen-bond acceptors (Lipinski definition) is 1. The fourth-order valence-electron chi connectivity index (χ4n) is 2.73. The molecule has 3 atom stereocenters. The second-order valence-electron chi connectivity index (χ2n) is 5.68. The molecular formula is C16H24O. The van der Waals surface area contributed by atoms with Crippen molar-refractivity contribution in [1.82, 2.24) is 0 Å². The predicted molar refractivity (Wildman–Crippen MR) is 72.7 cm³/mol. The van der Waals surface area contributed by atoms with Crippen LogP contribution < -0.4 is 0 Å². The molecule has 2 aliphatic carbocycles. The van der Waals surface area contributed by atoms with Gasteiger partial charge >= 0.3 is 0 Å². The number of hydrogen-bond donors (Lipinski definition) is 1. The summed E-state index contributed by atoms with van der Waals surface area (Å²) in [5.74, 6) is 1.03. The van der Waals surface area contributed by atoms with Gasteiger partial charge in [-0.15, -0.1) is 0 Å². The van der Waals surface area contributed by atoms with Gasteiger partial charge in [0.1, 0.15) is 0 Å². The second kappa shape index (κ2) is 5.68. The lowest BCUT2D eigenvalue weighted by atomic mass is 9.85. The molecule has 1 heteroatoms. The third-order valence-electron chi connectivity index (χ3n) is 4.07. The minimum atomic E-state index is -0.263. The van der Waals surface area contributed by atoms with Crippen molar-refractivity contribution < 1.29 is 5.11 Å². The summed E-state index contributed by atoms with van der Waals surface area (Å²) in [4.78, 5) is 0. The lowest BCUT2D eigenvalue weighted by molar-refractivity contribution is 0.163. The van der Waals surface area contributed by atoms with Crippen molar-refractivity contribution >= 4 is 0 Å². The van der Waals surface area contributed by atoms with Crippen LogP contribution in [0.3, 0.4) is 0 Å². The first-order valence-electron chi connectivity index (χ1n) is 6.84. The van der Waals surface area contributed by atoms with Crippen LogP contribution in [0, 0.1) is 11.8 Å². The zero-order valence-corrected chi connectivity index (χ0v) is 11.0. The highest BCUT2D eigenvalue weighted by molar-refractivity contribution is 5.13. The Balaban J connectivity index is 1.89. The van der Waals surface area contributed by atoms with E-state index in [1.54, 1.807) is 0 Å². The molecular weight excluding hydrogens is 208 g/mol. The molecule has 0 aliphatic heterocycles. The fourth-order valence-corrected chi connectivity index (χ4v) is 2.73. The van der Waals surface area contributed by atoms with Gasteiger partial charge in [-0.3, -0.25) is 0 Å². The molecule has 3 unspecified atom stereocenters. The predicted octanol–water partition coefficient (Wildman–Crippen LogP) is 4.01. The van der Waals surface area contributed by atoms with Crippen LogP contribution >= 0.6 is 0 Å². The van der Waals surface area contributed by atoms with Crippen LogP contribution in [0.5, 0.6) is 0 Å². The maximum absolute atomic E-state index is 9.97. The zero-order chi connectivity index (χ0) is 12.3. The lowest BCUT2D eigenvalue weighted by Crippen LogP contribution is -2.20. The lowest BCUT2D eigenvalue weighted by Gasteiger charge is -2.24. The SMILES string of the molecule is CC1=CCC(/C=C/C2CCC(C)=CC2O)CC1. The van der Waals surface area contributed by atoms with Crippen molar-refractivity contribution in [2.75, 3.05) is 0 Å². The third kappa shape index (κ3) is 3.57. The van der Waals surface area contributed by atoms with Gasteiger partial charge in [0.2, 0.25) is 0 Å². The van der Waals surface area contributed by atoms with E-state index >= 15 is 0 Å². The van der Waals surface area contributed by atoms with Crippen molar-refractivity contribution in [2.24, 2.45) is 11.8 Å². The van der Waals surface area contributed by atoms with Crippen LogP contribution in [0.4, 0.5) is 0 Å². The summed E-state index contributed by atoms with van der Waals surface area (Å²) in [6.45, 7) is 4.33. The molecule has 0 aromatic carbocycles. The van der Waals surface area contributed by atoms with Gasteiger partial charge in [-0.1, -0.05) is 35.5 Å². The van der Waals surface area contributed by atoms with Crippen LogP contribution in [-0.4, -0.2) is 11.2 Å². The van der Waals surface area contributed by atoms with Crippen molar-refractivity contribution in [1.29, 1.82) is 0 Å². The molecule has 2 rings (SSSR count). The van der Waals surface area contributed by atoms with Crippen molar-refractivity contribution in [2.45, 2.75) is 52.1 Å². The topological polar surface area (TPSA) is 20.2 Å². The maximum atomic E-state index is 9.97. The Kier molecular flexibility index (Phi) is 4.22. The van der Waals surface area contributed by atoms with E-state index in [0.29, 0.717) is 11.8 Å². The van der Waals surface area contributed by atoms with Crippen LogP contribution in [0.2, 0.25) is 0 Å². The number of rotatable bonds is 2. The first-order chi connectivity index (χ1) is 8.15. The van der Waals surface area contributed by atoms with E-state index in [1.807, 2.05) is 6.08 Å². The van der Waals surface area contributed by atoms with Gasteiger partial charge in [0.05, 0.1) is 6.10 Å². The molecule has 94 valence electrons. The van der Waals surface area contributed by atoms with E-state index in [9.17, 15) is 5.11 Å². The van der Waals surface area contributed by atoms with Crippen molar-refractivity contribution in [3.05, 3.63) is 35.5 Å². The van der Waals surface area contributed by atoms with Gasteiger partial charge in [-0.05, 0) is 51.9 Å². The molecule has 0 aromatic heterocycles. The molecule has 0 saturated carbocycles. The average molecular weight is 232 g/mol. The van der Waals surface area contributed by atoms with Gasteiger partial charge in [0.15, 0.2) is 0 Å². The molecule has 1 nitrogen and oxygen atoms in total. The third-order valence-corrected chi connectivity index (χ3v) is 4.07. The van der Waals surface area contributed by atoms with Gasteiger partial charge in [-0.2, -0.15) is 0 Å². The summed E-state index contributed by atoms with van der Waals surface area (Å²) < 4.78 is 0. The quantitative estimate of drug-likeness (QED) is 0.713. The highest BCUT2D eigenvalue weighted by Gasteiger charge is 2.19. The largest absolute Gasteiger partial charge is 0.388 e. The second-order valence-corrected chi connectivity index (χ2v) is 5.68. The Labute approximate surface area is 105 Å². The first kappa shape index (κ1) is 12.6. The smallest absolute Gasteiger partial charge is 0.0786 e. The van der Waals surface area contributed by atoms with Crippen LogP contribution in [0.25, 0.3) is 0 Å². The summed E-state index contributed by atoms with van der Waals surface area (Å²) in [6, 6.07) is 0. The Morgan fingerprint density at radius 3 is 2.53 bits per heavy atom. The summed E-state index contributed by atoms with van der Waals surface area (Å²) in [7, 11) is 0. The number of aliphatic hydroxyl groups excluding tert-OH is 1. The molecule has 0 amide bonds. The molecule has 0 aromatic rings. The van der Waals surface area contributed by atoms with E-state index in [0.717, 1.165) is 12.8 Å². The highest BCUT2D eigenvalue weighted by atomic mass is 16.3. The summed E-state index contributed by atoms with van der Waals surface area (Å²) in [5, 5.41) is 9.97. The Hall–Kier alpha value is -0.820. The molecule has 0 fully saturated rings. The van der Waals surface area contributed by atoms with Crippen molar-refractivity contribution in [3.63, 3.8) is 0 Å². The van der Waals surface area contributed by atoms with Gasteiger partial charge in [0, 0.05) is 5.92 Å². The summed E-state index contributed by atoms with van der Waals surface area (Å²) in [5.41, 5.74) is 2.87. The molecule has 0 saturated heterocycles. The highest BCUT2D eigenvalue weighted by Crippen LogP contribution is 2.28. The molecule has 2 aliphatic rings. The Morgan fingerprint density at radius 2 is 1.88 bits per heavy atom. The van der Waals surface area contributed by atoms with Gasteiger partial charge in [-0.25, -0.2) is 0 Å². The van der Waals surface area contributed by atoms with E-state index < -0.39 is 0 Å². The minimum Gasteiger partial charge on any atom is -0.388 e. The molecule has 1 N–H and O–H groups in total. The molecule has 0 radical (unpaired) electrons. The van der Waals surface area contributed by atoms with E-state index in [-0.39, 0.29) is 6.10 Å². The summed E-state index contributed by atoms with van der Waals surface area (Å²) in [6.07, 6.45) is 14.6. The minimum absolute atomic E-state index is 0.263. The molecule has 0 bridgehead atoms. The standard InChI is InChI=1S/C16H24O/c1-12-3-6-14(7-4-12)8-10-15-9-5-13(2)11-16(15)17/h3,8,10-11,14-17H,4-7,9H2,1-2H3/b10-8+. The maximum Gasteiger partial charge on any atom is 0.0786 e. The Bertz CT molecular complexity index is 349. The van der Waals surface area contributed by atoms with E-state index in [1.165, 1.54) is 30.4 Å². The normalized spacial score (nSPS) is 34.6. The summed E-state index contributed by atoms with van der Waals surface area (Å²) >= 11 is 0. The average Bonchev–Trinajstić information content (AvgIpc) is 2.30. The van der Waals surface area contributed by atoms with Crippen LogP contribution in [-0.2, 0) is 0 Å².